The number of aromatic nitrogens is 1. The lowest BCUT2D eigenvalue weighted by Gasteiger charge is -2.10. The molecule has 2 aromatic rings. The van der Waals surface area contributed by atoms with E-state index in [1.807, 2.05) is 25.1 Å². The number of ether oxygens (including phenoxy) is 1. The van der Waals surface area contributed by atoms with Gasteiger partial charge in [0.2, 0.25) is 0 Å². The molecular weight excluding hydrogens is 309 g/mol. The van der Waals surface area contributed by atoms with Gasteiger partial charge in [0.05, 0.1) is 12.8 Å². The van der Waals surface area contributed by atoms with Crippen molar-refractivity contribution in [3.05, 3.63) is 41.6 Å². The third kappa shape index (κ3) is 4.49. The Kier molecular flexibility index (Phi) is 8.10. The van der Waals surface area contributed by atoms with Gasteiger partial charge in [0.15, 0.2) is 0 Å². The van der Waals surface area contributed by atoms with Gasteiger partial charge in [-0.3, -0.25) is 0 Å². The Morgan fingerprint density at radius 2 is 1.76 bits per heavy atom. The summed E-state index contributed by atoms with van der Waals surface area (Å²) in [4.78, 5) is 4.31. The van der Waals surface area contributed by atoms with Crippen LogP contribution in [0.3, 0.4) is 0 Å². The molecule has 6 heteroatoms. The first-order valence-electron chi connectivity index (χ1n) is 6.26. The Balaban J connectivity index is 0.00000200. The molecule has 0 saturated heterocycles. The molecule has 0 amide bonds. The fourth-order valence-corrected chi connectivity index (χ4v) is 2.06. The normalized spacial score (nSPS) is 9.48. The standard InChI is InChI=1S/C15H19N3O.2ClH/c1-10-14(19-2)9-13(15(17)18-10)12-5-3-11(4-6-12)7-8-16;;/h3-6,9H,7-8,16H2,1-2H3,(H2,17,18);2*1H. The molecular formula is C15H21Cl2N3O. The van der Waals surface area contributed by atoms with Gasteiger partial charge in [-0.05, 0) is 37.1 Å². The number of methoxy groups -OCH3 is 1. The van der Waals surface area contributed by atoms with Crippen LogP contribution in [0, 0.1) is 6.92 Å². The molecule has 4 N–H and O–H groups in total. The summed E-state index contributed by atoms with van der Waals surface area (Å²) in [7, 11) is 1.63. The van der Waals surface area contributed by atoms with E-state index in [-0.39, 0.29) is 24.8 Å². The fraction of sp³-hybridized carbons (Fsp3) is 0.267. The number of hydrogen-bond acceptors (Lipinski definition) is 4. The van der Waals surface area contributed by atoms with Crippen molar-refractivity contribution >= 4 is 30.6 Å². The van der Waals surface area contributed by atoms with Crippen LogP contribution in [0.15, 0.2) is 30.3 Å². The van der Waals surface area contributed by atoms with Crippen LogP contribution < -0.4 is 16.2 Å². The molecule has 2 rings (SSSR count). The Labute approximate surface area is 137 Å². The molecule has 0 spiro atoms. The van der Waals surface area contributed by atoms with Crippen LogP contribution in [-0.2, 0) is 6.42 Å². The molecule has 0 atom stereocenters. The van der Waals surface area contributed by atoms with Gasteiger partial charge in [-0.2, -0.15) is 0 Å². The first-order chi connectivity index (χ1) is 9.15. The lowest BCUT2D eigenvalue weighted by molar-refractivity contribution is 0.409. The number of anilines is 1. The van der Waals surface area contributed by atoms with Gasteiger partial charge in [-0.1, -0.05) is 24.3 Å². The molecule has 0 fully saturated rings. The van der Waals surface area contributed by atoms with Gasteiger partial charge in [0.1, 0.15) is 11.6 Å². The van der Waals surface area contributed by atoms with E-state index in [0.29, 0.717) is 12.4 Å². The minimum absolute atomic E-state index is 0. The molecule has 116 valence electrons. The lowest BCUT2D eigenvalue weighted by Crippen LogP contribution is -2.02. The summed E-state index contributed by atoms with van der Waals surface area (Å²) in [6.07, 6.45) is 0.880. The summed E-state index contributed by atoms with van der Waals surface area (Å²) in [6.45, 7) is 2.53. The second-order valence-corrected chi connectivity index (χ2v) is 4.44. The highest BCUT2D eigenvalue weighted by Crippen LogP contribution is 2.30. The lowest BCUT2D eigenvalue weighted by atomic mass is 10.0. The highest BCUT2D eigenvalue weighted by molar-refractivity contribution is 5.85. The minimum atomic E-state index is 0. The minimum Gasteiger partial charge on any atom is -0.495 e. The molecule has 0 saturated carbocycles. The van der Waals surface area contributed by atoms with Crippen molar-refractivity contribution in [3.8, 4) is 16.9 Å². The van der Waals surface area contributed by atoms with E-state index < -0.39 is 0 Å². The maximum Gasteiger partial charge on any atom is 0.140 e. The predicted octanol–water partition coefficient (Wildman–Crippen LogP) is 2.99. The molecule has 0 bridgehead atoms. The molecule has 0 unspecified atom stereocenters. The highest BCUT2D eigenvalue weighted by atomic mass is 35.5. The summed E-state index contributed by atoms with van der Waals surface area (Å²) in [6, 6.07) is 10.1. The van der Waals surface area contributed by atoms with Gasteiger partial charge in [0, 0.05) is 5.56 Å². The van der Waals surface area contributed by atoms with Crippen LogP contribution >= 0.6 is 24.8 Å². The second kappa shape index (κ2) is 8.72. The van der Waals surface area contributed by atoms with Gasteiger partial charge in [0.25, 0.3) is 0 Å². The Morgan fingerprint density at radius 1 is 1.14 bits per heavy atom. The Bertz CT molecular complexity index is 574. The first-order valence-corrected chi connectivity index (χ1v) is 6.26. The Hall–Kier alpha value is -1.49. The van der Waals surface area contributed by atoms with Crippen molar-refractivity contribution in [2.75, 3.05) is 19.4 Å². The monoisotopic (exact) mass is 329 g/mol. The van der Waals surface area contributed by atoms with Crippen LogP contribution in [-0.4, -0.2) is 18.6 Å². The number of benzene rings is 1. The third-order valence-corrected chi connectivity index (χ3v) is 3.11. The van der Waals surface area contributed by atoms with Crippen LogP contribution in [0.1, 0.15) is 11.3 Å². The average molecular weight is 330 g/mol. The van der Waals surface area contributed by atoms with Crippen LogP contribution in [0.4, 0.5) is 5.82 Å². The molecule has 0 aliphatic heterocycles. The average Bonchev–Trinajstić information content (AvgIpc) is 2.41. The van der Waals surface area contributed by atoms with Crippen molar-refractivity contribution in [2.45, 2.75) is 13.3 Å². The predicted molar refractivity (Wildman–Crippen MR) is 92.6 cm³/mol. The number of pyridine rings is 1. The summed E-state index contributed by atoms with van der Waals surface area (Å²) >= 11 is 0. The maximum absolute atomic E-state index is 5.99. The van der Waals surface area contributed by atoms with Crippen LogP contribution in [0.5, 0.6) is 5.75 Å². The second-order valence-electron chi connectivity index (χ2n) is 4.44. The van der Waals surface area contributed by atoms with Gasteiger partial charge >= 0.3 is 0 Å². The van der Waals surface area contributed by atoms with Crippen molar-refractivity contribution in [3.63, 3.8) is 0 Å². The highest BCUT2D eigenvalue weighted by Gasteiger charge is 2.09. The van der Waals surface area contributed by atoms with Gasteiger partial charge in [-0.25, -0.2) is 4.98 Å². The van der Waals surface area contributed by atoms with Crippen molar-refractivity contribution in [1.29, 1.82) is 0 Å². The van der Waals surface area contributed by atoms with Crippen LogP contribution in [0.2, 0.25) is 0 Å². The zero-order chi connectivity index (χ0) is 13.8. The van der Waals surface area contributed by atoms with E-state index in [2.05, 4.69) is 17.1 Å². The van der Waals surface area contributed by atoms with E-state index in [1.165, 1.54) is 5.56 Å². The molecule has 1 aromatic heterocycles. The number of nitrogen functional groups attached to an aromatic ring is 1. The fourth-order valence-electron chi connectivity index (χ4n) is 2.06. The first kappa shape index (κ1) is 19.5. The quantitative estimate of drug-likeness (QED) is 0.904. The van der Waals surface area contributed by atoms with E-state index in [1.54, 1.807) is 7.11 Å². The molecule has 4 nitrogen and oxygen atoms in total. The topological polar surface area (TPSA) is 74.2 Å². The van der Waals surface area contributed by atoms with Gasteiger partial charge < -0.3 is 16.2 Å². The number of hydrogen-bond donors (Lipinski definition) is 2. The molecule has 0 radical (unpaired) electrons. The number of nitrogens with two attached hydrogens (primary N) is 2. The van der Waals surface area contributed by atoms with E-state index in [4.69, 9.17) is 16.2 Å². The number of aryl methyl sites for hydroxylation is 1. The molecule has 21 heavy (non-hydrogen) atoms. The number of nitrogens with zero attached hydrogens (tertiary/aromatic N) is 1. The van der Waals surface area contributed by atoms with Crippen molar-refractivity contribution in [1.82, 2.24) is 4.98 Å². The zero-order valence-electron chi connectivity index (χ0n) is 12.1. The summed E-state index contributed by atoms with van der Waals surface area (Å²) in [5, 5.41) is 0. The van der Waals surface area contributed by atoms with Crippen molar-refractivity contribution in [2.24, 2.45) is 5.73 Å². The Morgan fingerprint density at radius 3 is 2.29 bits per heavy atom. The SMILES string of the molecule is COc1cc(-c2ccc(CCN)cc2)c(N)nc1C.Cl.Cl. The largest absolute Gasteiger partial charge is 0.495 e. The third-order valence-electron chi connectivity index (χ3n) is 3.11. The van der Waals surface area contributed by atoms with Crippen molar-refractivity contribution < 1.29 is 4.74 Å². The molecule has 1 aromatic carbocycles. The molecule has 0 aliphatic carbocycles. The molecule has 1 heterocycles. The number of rotatable bonds is 4. The molecule has 0 aliphatic rings. The maximum atomic E-state index is 5.99. The summed E-state index contributed by atoms with van der Waals surface area (Å²) in [5.41, 5.74) is 15.5. The summed E-state index contributed by atoms with van der Waals surface area (Å²) < 4.78 is 5.29. The smallest absolute Gasteiger partial charge is 0.140 e. The zero-order valence-corrected chi connectivity index (χ0v) is 13.8. The van der Waals surface area contributed by atoms with Crippen LogP contribution in [0.25, 0.3) is 11.1 Å². The van der Waals surface area contributed by atoms with E-state index in [9.17, 15) is 0 Å². The number of halogens is 2. The van der Waals surface area contributed by atoms with Gasteiger partial charge in [-0.15, -0.1) is 24.8 Å². The summed E-state index contributed by atoms with van der Waals surface area (Å²) in [5.74, 6) is 1.26. The van der Waals surface area contributed by atoms with E-state index >= 15 is 0 Å². The van der Waals surface area contributed by atoms with E-state index in [0.717, 1.165) is 29.0 Å².